The molecular formula is C20H18N4O2S. The quantitative estimate of drug-likeness (QED) is 0.542. The number of nitrogens with zero attached hydrogens (tertiary/aromatic N) is 3. The molecule has 0 radical (unpaired) electrons. The number of hydrogen-bond donors (Lipinski definition) is 1. The fraction of sp³-hybridized carbons (Fsp3) is 0.200. The predicted molar refractivity (Wildman–Crippen MR) is 106 cm³/mol. The molecule has 0 bridgehead atoms. The standard InChI is InChI=1S/C20H18N4O2S/c1-13-8-9-17-22-11-14(20(26)24(17)12-13)19(25)21-10-4-7-18-23-15-5-2-3-6-16(15)27-18/h2-3,5-6,8-9,11-12H,4,7,10H2,1H3,(H,21,25). The number of benzene rings is 1. The van der Waals surface area contributed by atoms with Crippen molar-refractivity contribution in [1.29, 1.82) is 0 Å². The van der Waals surface area contributed by atoms with Crippen LogP contribution in [0.3, 0.4) is 0 Å². The van der Waals surface area contributed by atoms with Gasteiger partial charge in [0.2, 0.25) is 0 Å². The number of aromatic nitrogens is 3. The second-order valence-corrected chi connectivity index (χ2v) is 7.46. The van der Waals surface area contributed by atoms with Gasteiger partial charge in [-0.2, -0.15) is 0 Å². The summed E-state index contributed by atoms with van der Waals surface area (Å²) in [5.74, 6) is -0.396. The molecule has 7 heteroatoms. The summed E-state index contributed by atoms with van der Waals surface area (Å²) in [5, 5.41) is 3.86. The third-order valence-corrected chi connectivity index (χ3v) is 5.38. The van der Waals surface area contributed by atoms with Crippen LogP contribution in [0.5, 0.6) is 0 Å². The van der Waals surface area contributed by atoms with Crippen LogP contribution < -0.4 is 10.9 Å². The van der Waals surface area contributed by atoms with Crippen LogP contribution in [-0.2, 0) is 6.42 Å². The van der Waals surface area contributed by atoms with E-state index in [1.807, 2.05) is 31.2 Å². The fourth-order valence-electron chi connectivity index (χ4n) is 2.90. The highest BCUT2D eigenvalue weighted by atomic mass is 32.1. The van der Waals surface area contributed by atoms with Crippen molar-refractivity contribution in [2.45, 2.75) is 19.8 Å². The van der Waals surface area contributed by atoms with Crippen LogP contribution in [-0.4, -0.2) is 26.8 Å². The lowest BCUT2D eigenvalue weighted by Gasteiger charge is -2.06. The topological polar surface area (TPSA) is 76.4 Å². The zero-order valence-corrected chi connectivity index (χ0v) is 15.6. The van der Waals surface area contributed by atoms with Crippen molar-refractivity contribution in [1.82, 2.24) is 19.7 Å². The monoisotopic (exact) mass is 378 g/mol. The Balaban J connectivity index is 1.40. The molecule has 0 fully saturated rings. The third-order valence-electron chi connectivity index (χ3n) is 4.29. The van der Waals surface area contributed by atoms with Crippen molar-refractivity contribution in [2.75, 3.05) is 6.54 Å². The summed E-state index contributed by atoms with van der Waals surface area (Å²) in [5.41, 5.74) is 2.16. The molecule has 136 valence electrons. The van der Waals surface area contributed by atoms with Gasteiger partial charge >= 0.3 is 0 Å². The van der Waals surface area contributed by atoms with E-state index in [-0.39, 0.29) is 11.1 Å². The molecule has 0 saturated heterocycles. The zero-order valence-electron chi connectivity index (χ0n) is 14.8. The van der Waals surface area contributed by atoms with E-state index in [1.165, 1.54) is 15.3 Å². The molecule has 1 aromatic carbocycles. The number of carbonyl (C=O) groups is 1. The number of thiazole rings is 1. The molecule has 0 unspecified atom stereocenters. The van der Waals surface area contributed by atoms with Gasteiger partial charge in [-0.05, 0) is 37.1 Å². The van der Waals surface area contributed by atoms with Crippen molar-refractivity contribution < 1.29 is 4.79 Å². The first-order valence-corrected chi connectivity index (χ1v) is 9.54. The summed E-state index contributed by atoms with van der Waals surface area (Å²) in [4.78, 5) is 33.7. The van der Waals surface area contributed by atoms with Crippen molar-refractivity contribution in [3.63, 3.8) is 0 Å². The summed E-state index contributed by atoms with van der Waals surface area (Å²) >= 11 is 1.67. The molecule has 4 rings (SSSR count). The van der Waals surface area contributed by atoms with Gasteiger partial charge in [-0.1, -0.05) is 18.2 Å². The average Bonchev–Trinajstić information content (AvgIpc) is 3.08. The van der Waals surface area contributed by atoms with Crippen LogP contribution in [0.15, 0.2) is 53.6 Å². The molecule has 6 nitrogen and oxygen atoms in total. The van der Waals surface area contributed by atoms with E-state index in [9.17, 15) is 9.59 Å². The predicted octanol–water partition coefficient (Wildman–Crippen LogP) is 2.98. The second-order valence-electron chi connectivity index (χ2n) is 6.35. The molecule has 1 N–H and O–H groups in total. The first kappa shape index (κ1) is 17.4. The van der Waals surface area contributed by atoms with Gasteiger partial charge < -0.3 is 5.32 Å². The molecule has 0 aliphatic rings. The normalized spacial score (nSPS) is 11.1. The van der Waals surface area contributed by atoms with Gasteiger partial charge in [0, 0.05) is 25.4 Å². The molecule has 4 aromatic rings. The smallest absolute Gasteiger partial charge is 0.270 e. The van der Waals surface area contributed by atoms with Crippen molar-refractivity contribution in [2.24, 2.45) is 0 Å². The van der Waals surface area contributed by atoms with E-state index < -0.39 is 5.91 Å². The number of pyridine rings is 1. The van der Waals surface area contributed by atoms with Crippen LogP contribution in [0.4, 0.5) is 0 Å². The maximum absolute atomic E-state index is 12.5. The Morgan fingerprint density at radius 2 is 2.07 bits per heavy atom. The highest BCUT2D eigenvalue weighted by Gasteiger charge is 2.13. The Bertz CT molecular complexity index is 1160. The third kappa shape index (κ3) is 3.59. The molecule has 0 aliphatic heterocycles. The first-order chi connectivity index (χ1) is 13.1. The van der Waals surface area contributed by atoms with Crippen LogP contribution in [0, 0.1) is 6.92 Å². The number of para-hydroxylation sites is 1. The number of carbonyl (C=O) groups excluding carboxylic acids is 1. The lowest BCUT2D eigenvalue weighted by molar-refractivity contribution is 0.0951. The van der Waals surface area contributed by atoms with Gasteiger partial charge in [-0.3, -0.25) is 14.0 Å². The summed E-state index contributed by atoms with van der Waals surface area (Å²) in [6, 6.07) is 11.7. The van der Waals surface area contributed by atoms with Gasteiger partial charge in [0.1, 0.15) is 11.2 Å². The number of rotatable bonds is 5. The average molecular weight is 378 g/mol. The Morgan fingerprint density at radius 1 is 1.22 bits per heavy atom. The summed E-state index contributed by atoms with van der Waals surface area (Å²) in [6.07, 6.45) is 4.57. The van der Waals surface area contributed by atoms with Crippen molar-refractivity contribution >= 4 is 33.1 Å². The maximum atomic E-state index is 12.5. The van der Waals surface area contributed by atoms with Crippen LogP contribution in [0.2, 0.25) is 0 Å². The number of fused-ring (bicyclic) bond motifs is 2. The van der Waals surface area contributed by atoms with Crippen molar-refractivity contribution in [3.8, 4) is 0 Å². The maximum Gasteiger partial charge on any atom is 0.270 e. The number of aryl methyl sites for hydroxylation is 2. The van der Waals surface area contributed by atoms with Gasteiger partial charge in [-0.25, -0.2) is 9.97 Å². The van der Waals surface area contributed by atoms with E-state index in [0.717, 1.165) is 28.9 Å². The SMILES string of the molecule is Cc1ccc2ncc(C(=O)NCCCc3nc4ccccc4s3)c(=O)n2c1. The van der Waals surface area contributed by atoms with Crippen LogP contribution in [0.1, 0.15) is 27.3 Å². The molecule has 27 heavy (non-hydrogen) atoms. The minimum Gasteiger partial charge on any atom is -0.352 e. The summed E-state index contributed by atoms with van der Waals surface area (Å²) in [6.45, 7) is 2.37. The van der Waals surface area contributed by atoms with Gasteiger partial charge in [0.05, 0.1) is 15.2 Å². The molecule has 0 spiro atoms. The molecule has 1 amide bonds. The van der Waals surface area contributed by atoms with Crippen molar-refractivity contribution in [3.05, 3.63) is 75.3 Å². The van der Waals surface area contributed by atoms with Gasteiger partial charge in [0.25, 0.3) is 11.5 Å². The largest absolute Gasteiger partial charge is 0.352 e. The highest BCUT2D eigenvalue weighted by molar-refractivity contribution is 7.18. The lowest BCUT2D eigenvalue weighted by Crippen LogP contribution is -2.32. The first-order valence-electron chi connectivity index (χ1n) is 8.72. The number of nitrogens with one attached hydrogen (secondary N) is 1. The Morgan fingerprint density at radius 3 is 2.93 bits per heavy atom. The number of amides is 1. The Kier molecular flexibility index (Phi) is 4.68. The van der Waals surface area contributed by atoms with Crippen LogP contribution in [0.25, 0.3) is 15.9 Å². The van der Waals surface area contributed by atoms with E-state index >= 15 is 0 Å². The summed E-state index contributed by atoms with van der Waals surface area (Å²) in [7, 11) is 0. The minimum atomic E-state index is -0.396. The Labute approximate surface area is 159 Å². The molecule has 0 atom stereocenters. The van der Waals surface area contributed by atoms with Gasteiger partial charge in [0.15, 0.2) is 0 Å². The van der Waals surface area contributed by atoms with E-state index in [2.05, 4.69) is 21.4 Å². The van der Waals surface area contributed by atoms with E-state index in [0.29, 0.717) is 12.2 Å². The molecule has 3 aromatic heterocycles. The molecule has 3 heterocycles. The Hall–Kier alpha value is -3.06. The molecular weight excluding hydrogens is 360 g/mol. The lowest BCUT2D eigenvalue weighted by atomic mass is 10.2. The summed E-state index contributed by atoms with van der Waals surface area (Å²) < 4.78 is 2.58. The zero-order chi connectivity index (χ0) is 18.8. The molecule has 0 aliphatic carbocycles. The molecule has 0 saturated carbocycles. The fourth-order valence-corrected chi connectivity index (χ4v) is 3.91. The highest BCUT2D eigenvalue weighted by Crippen LogP contribution is 2.22. The van der Waals surface area contributed by atoms with E-state index in [4.69, 9.17) is 0 Å². The second kappa shape index (κ2) is 7.28. The number of hydrogen-bond acceptors (Lipinski definition) is 5. The van der Waals surface area contributed by atoms with Gasteiger partial charge in [-0.15, -0.1) is 11.3 Å². The van der Waals surface area contributed by atoms with E-state index in [1.54, 1.807) is 23.6 Å². The van der Waals surface area contributed by atoms with Crippen LogP contribution >= 0.6 is 11.3 Å². The minimum absolute atomic E-state index is 0.0538.